The second kappa shape index (κ2) is 11.1. The maximum absolute atomic E-state index is 12.0. The molecule has 1 aromatic heterocycles. The molecular formula is C29H30N2O6. The van der Waals surface area contributed by atoms with E-state index in [1.54, 1.807) is 12.1 Å². The Hall–Kier alpha value is -4.43. The van der Waals surface area contributed by atoms with E-state index >= 15 is 0 Å². The Balaban J connectivity index is 1.42. The minimum Gasteiger partial charge on any atom is -0.494 e. The third-order valence-corrected chi connectivity index (χ3v) is 6.05. The van der Waals surface area contributed by atoms with Crippen LogP contribution in [-0.2, 0) is 10.4 Å². The van der Waals surface area contributed by atoms with Crippen molar-refractivity contribution in [3.8, 4) is 17.5 Å². The summed E-state index contributed by atoms with van der Waals surface area (Å²) in [6, 6.07) is 27.0. The predicted molar refractivity (Wildman–Crippen MR) is 140 cm³/mol. The van der Waals surface area contributed by atoms with Crippen LogP contribution in [0.2, 0.25) is 0 Å². The summed E-state index contributed by atoms with van der Waals surface area (Å²) in [5, 5.41) is 31.1. The van der Waals surface area contributed by atoms with Crippen LogP contribution in [-0.4, -0.2) is 46.7 Å². The first-order valence-electron chi connectivity index (χ1n) is 11.9. The Morgan fingerprint density at radius 3 is 1.92 bits per heavy atom. The van der Waals surface area contributed by atoms with E-state index in [-0.39, 0.29) is 24.8 Å². The van der Waals surface area contributed by atoms with Crippen LogP contribution in [0.15, 0.2) is 91.0 Å². The number of aliphatic hydroxyl groups is 1. The fourth-order valence-electron chi connectivity index (χ4n) is 4.02. The number of aromatic nitrogens is 1. The fraction of sp³-hybridized carbons (Fsp3) is 0.207. The van der Waals surface area contributed by atoms with Crippen LogP contribution < -0.4 is 14.5 Å². The van der Waals surface area contributed by atoms with Crippen molar-refractivity contribution in [3.63, 3.8) is 0 Å². The van der Waals surface area contributed by atoms with Gasteiger partial charge in [0.05, 0.1) is 13.0 Å². The summed E-state index contributed by atoms with van der Waals surface area (Å²) < 4.78 is 6.42. The van der Waals surface area contributed by atoms with E-state index < -0.39 is 11.6 Å². The summed E-state index contributed by atoms with van der Waals surface area (Å²) in [7, 11) is 3.94. The van der Waals surface area contributed by atoms with Crippen molar-refractivity contribution in [2.45, 2.75) is 18.4 Å². The first-order valence-corrected chi connectivity index (χ1v) is 11.9. The molecular weight excluding hydrogens is 472 g/mol. The number of benzene rings is 3. The zero-order valence-electron chi connectivity index (χ0n) is 20.7. The molecule has 1 atom stereocenters. The van der Waals surface area contributed by atoms with Crippen LogP contribution in [0.1, 0.15) is 29.5 Å². The lowest BCUT2D eigenvalue weighted by molar-refractivity contribution is -0.145. The molecule has 0 aliphatic heterocycles. The molecule has 0 radical (unpaired) electrons. The van der Waals surface area contributed by atoms with Crippen LogP contribution in [0.25, 0.3) is 0 Å². The van der Waals surface area contributed by atoms with E-state index in [0.29, 0.717) is 22.5 Å². The van der Waals surface area contributed by atoms with Gasteiger partial charge >= 0.3 is 5.97 Å². The van der Waals surface area contributed by atoms with Gasteiger partial charge in [-0.05, 0) is 47.4 Å². The fourth-order valence-corrected chi connectivity index (χ4v) is 4.02. The zero-order valence-corrected chi connectivity index (χ0v) is 20.7. The molecule has 0 aliphatic rings. The Bertz CT molecular complexity index is 1300. The first-order chi connectivity index (χ1) is 17.8. The molecule has 192 valence electrons. The molecule has 4 aromatic rings. The van der Waals surface area contributed by atoms with E-state index in [1.165, 1.54) is 12.1 Å². The summed E-state index contributed by atoms with van der Waals surface area (Å²) >= 11 is 0. The van der Waals surface area contributed by atoms with Crippen molar-refractivity contribution in [2.75, 3.05) is 25.6 Å². The SMILES string of the molecule is CN(C)c1ccc(C(O)(c2ccccc2)c2ccc(OCCCC(=O)On3c(O)ccc3O)cc2)cc1. The van der Waals surface area contributed by atoms with E-state index in [9.17, 15) is 20.1 Å². The maximum Gasteiger partial charge on any atom is 0.333 e. The highest BCUT2D eigenvalue weighted by Crippen LogP contribution is 2.37. The van der Waals surface area contributed by atoms with Gasteiger partial charge in [0.25, 0.3) is 0 Å². The highest BCUT2D eigenvalue weighted by atomic mass is 16.7. The predicted octanol–water partition coefficient (Wildman–Crippen LogP) is 4.06. The Morgan fingerprint density at radius 1 is 0.811 bits per heavy atom. The number of anilines is 1. The summed E-state index contributed by atoms with van der Waals surface area (Å²) in [6.45, 7) is 0.257. The lowest BCUT2D eigenvalue weighted by atomic mass is 9.80. The number of carbonyl (C=O) groups excluding carboxylic acids is 1. The molecule has 1 heterocycles. The lowest BCUT2D eigenvalue weighted by Crippen LogP contribution is -2.28. The number of hydrogen-bond donors (Lipinski definition) is 3. The average molecular weight is 503 g/mol. The molecule has 0 aliphatic carbocycles. The van der Waals surface area contributed by atoms with E-state index in [4.69, 9.17) is 9.57 Å². The second-order valence-corrected chi connectivity index (χ2v) is 8.80. The standard InChI is InChI=1S/C29H30N2O6/c1-30(2)24-14-10-22(11-15-24)29(35,21-7-4-3-5-8-21)23-12-16-25(17-13-23)36-20-6-9-28(34)37-31-26(32)18-19-27(31)33/h3-5,7-8,10-19,32-33,35H,6,9,20H2,1-2H3. The normalized spacial score (nSPS) is 12.5. The molecule has 0 bridgehead atoms. The summed E-state index contributed by atoms with van der Waals surface area (Å²) in [4.78, 5) is 18.9. The molecule has 0 saturated heterocycles. The van der Waals surface area contributed by atoms with Gasteiger partial charge in [0.15, 0.2) is 0 Å². The van der Waals surface area contributed by atoms with Crippen molar-refractivity contribution < 1.29 is 29.7 Å². The Labute approximate surface area is 215 Å². The van der Waals surface area contributed by atoms with Crippen LogP contribution in [0.4, 0.5) is 5.69 Å². The molecule has 1 unspecified atom stereocenters. The van der Waals surface area contributed by atoms with Crippen molar-refractivity contribution >= 4 is 11.7 Å². The third-order valence-electron chi connectivity index (χ3n) is 6.05. The average Bonchev–Trinajstić information content (AvgIpc) is 3.23. The molecule has 37 heavy (non-hydrogen) atoms. The van der Waals surface area contributed by atoms with Gasteiger partial charge in [0.1, 0.15) is 11.4 Å². The molecule has 8 heteroatoms. The van der Waals surface area contributed by atoms with Crippen molar-refractivity contribution in [1.29, 1.82) is 0 Å². The molecule has 0 amide bonds. The maximum atomic E-state index is 12.0. The van der Waals surface area contributed by atoms with Gasteiger partial charge in [-0.15, -0.1) is 4.73 Å². The van der Waals surface area contributed by atoms with Gasteiger partial charge in [0, 0.05) is 31.9 Å². The van der Waals surface area contributed by atoms with Gasteiger partial charge in [-0.1, -0.05) is 54.6 Å². The Morgan fingerprint density at radius 2 is 1.35 bits per heavy atom. The van der Waals surface area contributed by atoms with Crippen LogP contribution in [0.5, 0.6) is 17.5 Å². The van der Waals surface area contributed by atoms with E-state index in [1.807, 2.05) is 85.7 Å². The summed E-state index contributed by atoms with van der Waals surface area (Å²) in [5.41, 5.74) is 1.87. The van der Waals surface area contributed by atoms with E-state index in [0.717, 1.165) is 16.8 Å². The minimum absolute atomic E-state index is 0.0336. The number of ether oxygens (including phenoxy) is 1. The van der Waals surface area contributed by atoms with Crippen molar-refractivity contribution in [3.05, 3.63) is 108 Å². The number of nitrogens with zero attached hydrogens (tertiary/aromatic N) is 2. The third kappa shape index (κ3) is 5.70. The molecule has 3 N–H and O–H groups in total. The molecule has 8 nitrogen and oxygen atoms in total. The zero-order chi connectivity index (χ0) is 26.4. The van der Waals surface area contributed by atoms with Gasteiger partial charge in [-0.2, -0.15) is 0 Å². The molecule has 4 rings (SSSR count). The molecule has 0 fully saturated rings. The summed E-state index contributed by atoms with van der Waals surface area (Å²) in [6.07, 6.45) is 0.404. The van der Waals surface area contributed by atoms with Gasteiger partial charge < -0.3 is 29.8 Å². The molecule has 3 aromatic carbocycles. The minimum atomic E-state index is -1.36. The number of aromatic hydroxyl groups is 2. The van der Waals surface area contributed by atoms with Crippen LogP contribution in [0.3, 0.4) is 0 Å². The van der Waals surface area contributed by atoms with Crippen LogP contribution >= 0.6 is 0 Å². The van der Waals surface area contributed by atoms with Crippen molar-refractivity contribution in [2.24, 2.45) is 0 Å². The topological polar surface area (TPSA) is 104 Å². The lowest BCUT2D eigenvalue weighted by Gasteiger charge is -2.30. The largest absolute Gasteiger partial charge is 0.494 e. The number of hydrogen-bond acceptors (Lipinski definition) is 7. The quantitative estimate of drug-likeness (QED) is 0.222. The van der Waals surface area contributed by atoms with Gasteiger partial charge in [-0.25, -0.2) is 4.79 Å². The van der Waals surface area contributed by atoms with Crippen molar-refractivity contribution in [1.82, 2.24) is 4.73 Å². The van der Waals surface area contributed by atoms with Gasteiger partial charge in [-0.3, -0.25) is 0 Å². The highest BCUT2D eigenvalue weighted by molar-refractivity contribution is 5.69. The number of rotatable bonds is 10. The number of carbonyl (C=O) groups is 1. The highest BCUT2D eigenvalue weighted by Gasteiger charge is 2.33. The Kier molecular flexibility index (Phi) is 7.69. The summed E-state index contributed by atoms with van der Waals surface area (Å²) in [5.74, 6) is -0.761. The van der Waals surface area contributed by atoms with Gasteiger partial charge in [0.2, 0.25) is 11.8 Å². The molecule has 0 spiro atoms. The molecule has 0 saturated carbocycles. The monoisotopic (exact) mass is 502 g/mol. The van der Waals surface area contributed by atoms with E-state index in [2.05, 4.69) is 0 Å². The second-order valence-electron chi connectivity index (χ2n) is 8.80. The van der Waals surface area contributed by atoms with Crippen LogP contribution in [0, 0.1) is 0 Å². The first kappa shape index (κ1) is 25.7. The smallest absolute Gasteiger partial charge is 0.333 e.